The Kier molecular flexibility index (Phi) is 10.0. The topological polar surface area (TPSA) is 82.6 Å². The zero-order valence-corrected chi connectivity index (χ0v) is 28.8. The minimum absolute atomic E-state index is 0.0586. The zero-order chi connectivity index (χ0) is 32.4. The second-order valence-corrected chi connectivity index (χ2v) is 14.9. The smallest absolute Gasteiger partial charge is 0.410 e. The SMILES string of the molecule is CC(C)(C)OC(=O)N1CCN(C(=O)C(C)(C)Oc2cccc(N3CCC[C@@H](C(=O)N(Cc4ccc(Br)cc4)C4CC4)C3)c2)CC1. The fourth-order valence-electron chi connectivity index (χ4n) is 6.09. The highest BCUT2D eigenvalue weighted by atomic mass is 79.9. The van der Waals surface area contributed by atoms with Crippen LogP contribution in [0.1, 0.15) is 65.9 Å². The number of ether oxygens (including phenoxy) is 2. The van der Waals surface area contributed by atoms with Crippen molar-refractivity contribution in [2.24, 2.45) is 5.92 Å². The Morgan fingerprint density at radius 3 is 2.20 bits per heavy atom. The van der Waals surface area contributed by atoms with Gasteiger partial charge in [-0.05, 0) is 90.1 Å². The first-order valence-electron chi connectivity index (χ1n) is 16.2. The minimum Gasteiger partial charge on any atom is -0.478 e. The monoisotopic (exact) mass is 682 g/mol. The van der Waals surface area contributed by atoms with Gasteiger partial charge in [-0.25, -0.2) is 4.79 Å². The largest absolute Gasteiger partial charge is 0.478 e. The molecule has 244 valence electrons. The van der Waals surface area contributed by atoms with E-state index in [1.165, 1.54) is 0 Å². The fraction of sp³-hybridized carbons (Fsp3) is 0.571. The van der Waals surface area contributed by atoms with Crippen molar-refractivity contribution >= 4 is 39.5 Å². The number of carbonyl (C=O) groups excluding carboxylic acids is 3. The number of piperazine rings is 1. The molecule has 2 aromatic carbocycles. The lowest BCUT2D eigenvalue weighted by Gasteiger charge is -2.39. The van der Waals surface area contributed by atoms with E-state index in [9.17, 15) is 14.4 Å². The van der Waals surface area contributed by atoms with Gasteiger partial charge < -0.3 is 29.1 Å². The van der Waals surface area contributed by atoms with Crippen LogP contribution in [0.5, 0.6) is 5.75 Å². The first-order valence-corrected chi connectivity index (χ1v) is 16.9. The summed E-state index contributed by atoms with van der Waals surface area (Å²) >= 11 is 3.50. The van der Waals surface area contributed by atoms with Crippen LogP contribution in [-0.4, -0.2) is 89.1 Å². The Hall–Kier alpha value is -3.27. The van der Waals surface area contributed by atoms with Gasteiger partial charge in [-0.2, -0.15) is 0 Å². The molecule has 9 nitrogen and oxygen atoms in total. The van der Waals surface area contributed by atoms with Crippen molar-refractivity contribution in [2.75, 3.05) is 44.2 Å². The van der Waals surface area contributed by atoms with Crippen molar-refractivity contribution in [2.45, 2.75) is 84.1 Å². The van der Waals surface area contributed by atoms with Crippen LogP contribution in [0.4, 0.5) is 10.5 Å². The summed E-state index contributed by atoms with van der Waals surface area (Å²) in [4.78, 5) is 47.6. The molecule has 2 saturated heterocycles. The van der Waals surface area contributed by atoms with Crippen molar-refractivity contribution in [3.63, 3.8) is 0 Å². The highest BCUT2D eigenvalue weighted by Gasteiger charge is 2.39. The van der Waals surface area contributed by atoms with Gasteiger partial charge >= 0.3 is 6.09 Å². The van der Waals surface area contributed by atoms with Gasteiger partial charge in [0, 0.05) is 68.1 Å². The van der Waals surface area contributed by atoms with Crippen molar-refractivity contribution < 1.29 is 23.9 Å². The first kappa shape index (κ1) is 33.1. The second-order valence-electron chi connectivity index (χ2n) is 14.0. The maximum Gasteiger partial charge on any atom is 0.410 e. The average Bonchev–Trinajstić information content (AvgIpc) is 3.85. The summed E-state index contributed by atoms with van der Waals surface area (Å²) in [6, 6.07) is 16.4. The Morgan fingerprint density at radius 2 is 1.56 bits per heavy atom. The molecule has 3 amide bonds. The summed E-state index contributed by atoms with van der Waals surface area (Å²) in [6.07, 6.45) is 3.63. The van der Waals surface area contributed by atoms with E-state index in [2.05, 4.69) is 37.9 Å². The number of carbonyl (C=O) groups is 3. The van der Waals surface area contributed by atoms with Crippen molar-refractivity contribution in [1.82, 2.24) is 14.7 Å². The molecular weight excluding hydrogens is 636 g/mol. The first-order chi connectivity index (χ1) is 21.3. The third-order valence-electron chi connectivity index (χ3n) is 8.60. The van der Waals surface area contributed by atoms with E-state index >= 15 is 0 Å². The lowest BCUT2D eigenvalue weighted by Crippen LogP contribution is -2.57. The lowest BCUT2D eigenvalue weighted by molar-refractivity contribution is -0.147. The van der Waals surface area contributed by atoms with E-state index < -0.39 is 11.2 Å². The molecule has 0 radical (unpaired) electrons. The molecule has 3 aliphatic rings. The van der Waals surface area contributed by atoms with Crippen LogP contribution in [0, 0.1) is 5.92 Å². The molecule has 0 bridgehead atoms. The molecule has 1 aliphatic carbocycles. The predicted molar refractivity (Wildman–Crippen MR) is 178 cm³/mol. The quantitative estimate of drug-likeness (QED) is 0.335. The molecule has 5 rings (SSSR count). The molecule has 1 saturated carbocycles. The molecule has 2 heterocycles. The van der Waals surface area contributed by atoms with Crippen LogP contribution in [-0.2, 0) is 20.9 Å². The molecule has 10 heteroatoms. The van der Waals surface area contributed by atoms with Crippen LogP contribution < -0.4 is 9.64 Å². The van der Waals surface area contributed by atoms with Crippen LogP contribution in [0.3, 0.4) is 0 Å². The van der Waals surface area contributed by atoms with E-state index in [0.29, 0.717) is 51.1 Å². The van der Waals surface area contributed by atoms with Crippen LogP contribution >= 0.6 is 15.9 Å². The van der Waals surface area contributed by atoms with E-state index in [1.807, 2.05) is 57.2 Å². The van der Waals surface area contributed by atoms with E-state index in [4.69, 9.17) is 9.47 Å². The number of benzene rings is 2. The van der Waals surface area contributed by atoms with Gasteiger partial charge in [0.25, 0.3) is 5.91 Å². The molecule has 0 unspecified atom stereocenters. The summed E-state index contributed by atoms with van der Waals surface area (Å²) in [6.45, 7) is 13.0. The fourth-order valence-corrected chi connectivity index (χ4v) is 6.35. The summed E-state index contributed by atoms with van der Waals surface area (Å²) in [5.41, 5.74) is 0.490. The number of halogens is 1. The van der Waals surface area contributed by atoms with Crippen LogP contribution in [0.15, 0.2) is 53.0 Å². The zero-order valence-electron chi connectivity index (χ0n) is 27.3. The third kappa shape index (κ3) is 8.71. The number of nitrogens with zero attached hydrogens (tertiary/aromatic N) is 4. The second kappa shape index (κ2) is 13.6. The number of rotatable bonds is 8. The Morgan fingerprint density at radius 1 is 0.889 bits per heavy atom. The Bertz CT molecular complexity index is 1360. The maximum absolute atomic E-state index is 13.8. The summed E-state index contributed by atoms with van der Waals surface area (Å²) in [5, 5.41) is 0. The number of hydrogen-bond donors (Lipinski definition) is 0. The maximum atomic E-state index is 13.8. The van der Waals surface area contributed by atoms with E-state index in [0.717, 1.165) is 48.0 Å². The molecule has 0 spiro atoms. The van der Waals surface area contributed by atoms with Gasteiger partial charge in [0.2, 0.25) is 5.91 Å². The van der Waals surface area contributed by atoms with E-state index in [-0.39, 0.29) is 23.8 Å². The molecule has 2 aliphatic heterocycles. The number of anilines is 1. The summed E-state index contributed by atoms with van der Waals surface area (Å²) in [7, 11) is 0. The number of piperidine rings is 1. The standard InChI is InChI=1S/C35H47BrN4O5/c1-34(2,3)45-33(43)38-20-18-37(19-21-38)32(42)35(4,5)44-30-10-6-9-29(22-30)39-17-7-8-26(24-39)31(41)40(28-15-16-28)23-25-11-13-27(36)14-12-25/h6,9-14,22,26,28H,7-8,15-21,23-24H2,1-5H3/t26-/m1/s1. The van der Waals surface area contributed by atoms with Gasteiger partial charge in [-0.15, -0.1) is 0 Å². The van der Waals surface area contributed by atoms with Crippen molar-refractivity contribution in [3.8, 4) is 5.75 Å². The summed E-state index contributed by atoms with van der Waals surface area (Å²) in [5.74, 6) is 0.681. The average molecular weight is 684 g/mol. The molecule has 1 atom stereocenters. The van der Waals surface area contributed by atoms with Gasteiger partial charge in [0.05, 0.1) is 5.92 Å². The Labute approximate surface area is 275 Å². The van der Waals surface area contributed by atoms with Gasteiger partial charge in [-0.3, -0.25) is 9.59 Å². The van der Waals surface area contributed by atoms with E-state index in [1.54, 1.807) is 23.6 Å². The number of hydrogen-bond acceptors (Lipinski definition) is 6. The molecule has 0 N–H and O–H groups in total. The molecule has 0 aromatic heterocycles. The van der Waals surface area contributed by atoms with Crippen molar-refractivity contribution in [3.05, 3.63) is 58.6 Å². The van der Waals surface area contributed by atoms with Crippen LogP contribution in [0.2, 0.25) is 0 Å². The highest BCUT2D eigenvalue weighted by molar-refractivity contribution is 9.10. The van der Waals surface area contributed by atoms with Crippen molar-refractivity contribution in [1.29, 1.82) is 0 Å². The highest BCUT2D eigenvalue weighted by Crippen LogP contribution is 2.34. The molecule has 45 heavy (non-hydrogen) atoms. The predicted octanol–water partition coefficient (Wildman–Crippen LogP) is 6.09. The minimum atomic E-state index is -1.09. The van der Waals surface area contributed by atoms with Gasteiger partial charge in [-0.1, -0.05) is 34.1 Å². The molecule has 3 fully saturated rings. The normalized spacial score (nSPS) is 19.2. The van der Waals surface area contributed by atoms with Crippen LogP contribution in [0.25, 0.3) is 0 Å². The molecular formula is C35H47BrN4O5. The van der Waals surface area contributed by atoms with Gasteiger partial charge in [0.15, 0.2) is 5.60 Å². The number of amides is 3. The lowest BCUT2D eigenvalue weighted by atomic mass is 9.95. The Balaban J connectivity index is 1.18. The molecule has 2 aromatic rings. The van der Waals surface area contributed by atoms with Gasteiger partial charge in [0.1, 0.15) is 11.4 Å². The third-order valence-corrected chi connectivity index (χ3v) is 9.13. The summed E-state index contributed by atoms with van der Waals surface area (Å²) < 4.78 is 12.8.